The van der Waals surface area contributed by atoms with Gasteiger partial charge in [-0.05, 0) is 45.6 Å². The van der Waals surface area contributed by atoms with Gasteiger partial charge in [-0.2, -0.15) is 0 Å². The first-order valence-corrected chi connectivity index (χ1v) is 8.57. The lowest BCUT2D eigenvalue weighted by Crippen LogP contribution is -2.31. The van der Waals surface area contributed by atoms with Crippen LogP contribution < -0.4 is 10.1 Å². The summed E-state index contributed by atoms with van der Waals surface area (Å²) in [5.41, 5.74) is 3.39. The SMILES string of the molecule is COc1ccccc1[C@@H](C)NC(=O)Cn1c(C)nc2c1CCCC2. The molecule has 0 saturated carbocycles. The van der Waals surface area contributed by atoms with Gasteiger partial charge >= 0.3 is 0 Å². The van der Waals surface area contributed by atoms with Gasteiger partial charge in [0.2, 0.25) is 5.91 Å². The molecule has 3 rings (SSSR count). The summed E-state index contributed by atoms with van der Waals surface area (Å²) < 4.78 is 7.45. The van der Waals surface area contributed by atoms with Gasteiger partial charge in [0.05, 0.1) is 18.8 Å². The maximum atomic E-state index is 12.5. The Balaban J connectivity index is 1.71. The van der Waals surface area contributed by atoms with Gasteiger partial charge in [-0.15, -0.1) is 0 Å². The fraction of sp³-hybridized carbons (Fsp3) is 0.474. The van der Waals surface area contributed by atoms with Crippen molar-refractivity contribution >= 4 is 5.91 Å². The zero-order chi connectivity index (χ0) is 17.1. The Hall–Kier alpha value is -2.30. The fourth-order valence-corrected chi connectivity index (χ4v) is 3.48. The van der Waals surface area contributed by atoms with E-state index < -0.39 is 0 Å². The number of carbonyl (C=O) groups is 1. The summed E-state index contributed by atoms with van der Waals surface area (Å²) in [6.07, 6.45) is 4.42. The molecule has 0 bridgehead atoms. The number of rotatable bonds is 5. The number of aryl methyl sites for hydroxylation is 2. The van der Waals surface area contributed by atoms with Crippen molar-refractivity contribution in [3.8, 4) is 5.75 Å². The van der Waals surface area contributed by atoms with Gasteiger partial charge in [0.25, 0.3) is 0 Å². The van der Waals surface area contributed by atoms with Crippen LogP contribution in [-0.2, 0) is 24.2 Å². The number of methoxy groups -OCH3 is 1. The lowest BCUT2D eigenvalue weighted by molar-refractivity contribution is -0.122. The van der Waals surface area contributed by atoms with E-state index in [1.807, 2.05) is 38.1 Å². The summed E-state index contributed by atoms with van der Waals surface area (Å²) in [6.45, 7) is 4.29. The third-order valence-electron chi connectivity index (χ3n) is 4.71. The summed E-state index contributed by atoms with van der Waals surface area (Å²) in [5, 5.41) is 3.08. The fourth-order valence-electron chi connectivity index (χ4n) is 3.48. The maximum absolute atomic E-state index is 12.5. The number of hydrogen-bond acceptors (Lipinski definition) is 3. The van der Waals surface area contributed by atoms with Crippen molar-refractivity contribution in [2.45, 2.75) is 52.1 Å². The Bertz CT molecular complexity index is 736. The average Bonchev–Trinajstić information content (AvgIpc) is 2.90. The number of ether oxygens (including phenoxy) is 1. The predicted molar refractivity (Wildman–Crippen MR) is 93.2 cm³/mol. The maximum Gasteiger partial charge on any atom is 0.240 e. The van der Waals surface area contributed by atoms with E-state index in [1.165, 1.54) is 24.2 Å². The van der Waals surface area contributed by atoms with E-state index in [0.29, 0.717) is 6.54 Å². The van der Waals surface area contributed by atoms with Gasteiger partial charge in [-0.3, -0.25) is 4.79 Å². The number of aromatic nitrogens is 2. The summed E-state index contributed by atoms with van der Waals surface area (Å²) in [7, 11) is 1.65. The van der Waals surface area contributed by atoms with Gasteiger partial charge in [0, 0.05) is 11.3 Å². The smallest absolute Gasteiger partial charge is 0.240 e. The highest BCUT2D eigenvalue weighted by Gasteiger charge is 2.20. The third-order valence-corrected chi connectivity index (χ3v) is 4.71. The minimum absolute atomic E-state index is 0.00211. The topological polar surface area (TPSA) is 56.1 Å². The number of para-hydroxylation sites is 1. The second kappa shape index (κ2) is 7.07. The highest BCUT2D eigenvalue weighted by molar-refractivity contribution is 5.76. The van der Waals surface area contributed by atoms with E-state index in [2.05, 4.69) is 14.9 Å². The zero-order valence-corrected chi connectivity index (χ0v) is 14.6. The molecule has 0 spiro atoms. The normalized spacial score (nSPS) is 14.8. The zero-order valence-electron chi connectivity index (χ0n) is 14.6. The van der Waals surface area contributed by atoms with Crippen LogP contribution in [-0.4, -0.2) is 22.6 Å². The van der Waals surface area contributed by atoms with Crippen LogP contribution >= 0.6 is 0 Å². The predicted octanol–water partition coefficient (Wildman–Crippen LogP) is 2.96. The van der Waals surface area contributed by atoms with Crippen molar-refractivity contribution in [2.75, 3.05) is 7.11 Å². The van der Waals surface area contributed by atoms with E-state index in [-0.39, 0.29) is 11.9 Å². The number of nitrogens with one attached hydrogen (secondary N) is 1. The average molecular weight is 327 g/mol. The molecule has 1 amide bonds. The van der Waals surface area contributed by atoms with Crippen molar-refractivity contribution in [1.29, 1.82) is 0 Å². The molecule has 0 aliphatic heterocycles. The van der Waals surface area contributed by atoms with E-state index in [1.54, 1.807) is 7.11 Å². The first-order valence-electron chi connectivity index (χ1n) is 8.57. The molecular weight excluding hydrogens is 302 g/mol. The highest BCUT2D eigenvalue weighted by Crippen LogP contribution is 2.25. The van der Waals surface area contributed by atoms with E-state index >= 15 is 0 Å². The molecule has 1 aliphatic carbocycles. The second-order valence-electron chi connectivity index (χ2n) is 6.38. The Morgan fingerprint density at radius 3 is 2.88 bits per heavy atom. The number of nitrogens with zero attached hydrogens (tertiary/aromatic N) is 2. The Labute approximate surface area is 143 Å². The van der Waals surface area contributed by atoms with Crippen molar-refractivity contribution in [2.24, 2.45) is 0 Å². The standard InChI is InChI=1S/C19H25N3O2/c1-13(15-8-4-7-11-18(15)24-3)20-19(23)12-22-14(2)21-16-9-5-6-10-17(16)22/h4,7-8,11,13H,5-6,9-10,12H2,1-3H3,(H,20,23)/t13-/m1/s1. The van der Waals surface area contributed by atoms with Gasteiger partial charge in [0.1, 0.15) is 18.1 Å². The van der Waals surface area contributed by atoms with Gasteiger partial charge < -0.3 is 14.6 Å². The summed E-state index contributed by atoms with van der Waals surface area (Å²) in [5.74, 6) is 1.73. The van der Waals surface area contributed by atoms with Crippen LogP contribution in [0.5, 0.6) is 5.75 Å². The molecule has 0 fully saturated rings. The molecule has 1 aliphatic rings. The van der Waals surface area contributed by atoms with Crippen LogP contribution in [0.25, 0.3) is 0 Å². The van der Waals surface area contributed by atoms with Crippen LogP contribution in [0.3, 0.4) is 0 Å². The number of amides is 1. The molecule has 1 aromatic carbocycles. The minimum atomic E-state index is -0.103. The van der Waals surface area contributed by atoms with Crippen molar-refractivity contribution in [3.05, 3.63) is 47.0 Å². The highest BCUT2D eigenvalue weighted by atomic mass is 16.5. The largest absolute Gasteiger partial charge is 0.496 e. The quantitative estimate of drug-likeness (QED) is 0.918. The van der Waals surface area contributed by atoms with Gasteiger partial charge in [-0.25, -0.2) is 4.98 Å². The first kappa shape index (κ1) is 16.6. The molecular formula is C19H25N3O2. The molecule has 1 N–H and O–H groups in total. The second-order valence-corrected chi connectivity index (χ2v) is 6.38. The van der Waals surface area contributed by atoms with Crippen LogP contribution in [0.4, 0.5) is 0 Å². The molecule has 128 valence electrons. The van der Waals surface area contributed by atoms with Crippen molar-refractivity contribution in [3.63, 3.8) is 0 Å². The molecule has 1 heterocycles. The molecule has 1 aromatic heterocycles. The number of hydrogen-bond donors (Lipinski definition) is 1. The van der Waals surface area contributed by atoms with E-state index in [0.717, 1.165) is 30.0 Å². The van der Waals surface area contributed by atoms with Crippen molar-refractivity contribution in [1.82, 2.24) is 14.9 Å². The molecule has 5 nitrogen and oxygen atoms in total. The van der Waals surface area contributed by atoms with Crippen LogP contribution in [0.1, 0.15) is 48.6 Å². The van der Waals surface area contributed by atoms with Gasteiger partial charge in [0.15, 0.2) is 0 Å². The molecule has 1 atom stereocenters. The number of imidazole rings is 1. The third kappa shape index (κ3) is 3.30. The molecule has 0 unspecified atom stereocenters. The molecule has 5 heteroatoms. The van der Waals surface area contributed by atoms with Crippen LogP contribution in [0.15, 0.2) is 24.3 Å². The first-order chi connectivity index (χ1) is 11.6. The Kier molecular flexibility index (Phi) is 4.88. The lowest BCUT2D eigenvalue weighted by Gasteiger charge is -2.19. The Morgan fingerprint density at radius 2 is 2.08 bits per heavy atom. The molecule has 0 radical (unpaired) electrons. The number of carbonyl (C=O) groups excluding carboxylic acids is 1. The monoisotopic (exact) mass is 327 g/mol. The molecule has 2 aromatic rings. The number of benzene rings is 1. The summed E-state index contributed by atoms with van der Waals surface area (Å²) in [4.78, 5) is 17.2. The van der Waals surface area contributed by atoms with Gasteiger partial charge in [-0.1, -0.05) is 18.2 Å². The minimum Gasteiger partial charge on any atom is -0.496 e. The van der Waals surface area contributed by atoms with E-state index in [9.17, 15) is 4.79 Å². The van der Waals surface area contributed by atoms with Crippen LogP contribution in [0.2, 0.25) is 0 Å². The Morgan fingerprint density at radius 1 is 1.33 bits per heavy atom. The number of fused-ring (bicyclic) bond motifs is 1. The summed E-state index contributed by atoms with van der Waals surface area (Å²) in [6, 6.07) is 7.67. The van der Waals surface area contributed by atoms with Crippen molar-refractivity contribution < 1.29 is 9.53 Å². The lowest BCUT2D eigenvalue weighted by atomic mass is 10.0. The molecule has 24 heavy (non-hydrogen) atoms. The summed E-state index contributed by atoms with van der Waals surface area (Å²) >= 11 is 0. The van der Waals surface area contributed by atoms with Crippen LogP contribution in [0, 0.1) is 6.92 Å². The van der Waals surface area contributed by atoms with E-state index in [4.69, 9.17) is 4.74 Å². The molecule has 0 saturated heterocycles.